The molecule has 0 saturated carbocycles. The minimum Gasteiger partial charge on any atom is -0.462 e. The van der Waals surface area contributed by atoms with E-state index in [0.717, 1.165) is 30.5 Å². The predicted octanol–water partition coefficient (Wildman–Crippen LogP) is 3.74. The first-order valence-corrected chi connectivity index (χ1v) is 10.1. The highest BCUT2D eigenvalue weighted by molar-refractivity contribution is 8.00. The predicted molar refractivity (Wildman–Crippen MR) is 107 cm³/mol. The number of nitrogens with one attached hydrogen (secondary N) is 1. The molecule has 0 bridgehead atoms. The molecule has 144 valence electrons. The SMILES string of the molecule is CCOC(=O)c1ccc(NC(=O)C(C)Sc2nc3c(cc2C#N)CCC3)cc1. The lowest BCUT2D eigenvalue weighted by Crippen LogP contribution is -2.22. The molecule has 1 aromatic carbocycles. The van der Waals surface area contributed by atoms with Crippen LogP contribution in [0.5, 0.6) is 0 Å². The normalized spacial score (nSPS) is 13.3. The molecule has 1 aliphatic carbocycles. The van der Waals surface area contributed by atoms with Crippen LogP contribution in [-0.2, 0) is 22.4 Å². The minimum atomic E-state index is -0.427. The number of thioether (sulfide) groups is 1. The lowest BCUT2D eigenvalue weighted by Gasteiger charge is -2.13. The number of amides is 1. The second-order valence-corrected chi connectivity index (χ2v) is 7.79. The Hall–Kier alpha value is -2.85. The van der Waals surface area contributed by atoms with Gasteiger partial charge in [-0.25, -0.2) is 9.78 Å². The quantitative estimate of drug-likeness (QED) is 0.592. The van der Waals surface area contributed by atoms with Gasteiger partial charge in [0.2, 0.25) is 5.91 Å². The van der Waals surface area contributed by atoms with Crippen molar-refractivity contribution >= 4 is 29.3 Å². The van der Waals surface area contributed by atoms with E-state index in [9.17, 15) is 14.9 Å². The van der Waals surface area contributed by atoms with Crippen LogP contribution in [0.4, 0.5) is 5.69 Å². The van der Waals surface area contributed by atoms with E-state index in [1.807, 2.05) is 6.07 Å². The number of aryl methyl sites for hydroxylation is 2. The van der Waals surface area contributed by atoms with Gasteiger partial charge in [0.15, 0.2) is 0 Å². The Morgan fingerprint density at radius 3 is 2.75 bits per heavy atom. The fraction of sp³-hybridized carbons (Fsp3) is 0.333. The number of rotatable bonds is 6. The summed E-state index contributed by atoms with van der Waals surface area (Å²) in [6.07, 6.45) is 2.93. The summed E-state index contributed by atoms with van der Waals surface area (Å²) in [5.41, 5.74) is 3.71. The first kappa shape index (κ1) is 19.9. The number of nitriles is 1. The number of ether oxygens (including phenoxy) is 1. The fourth-order valence-corrected chi connectivity index (χ4v) is 3.89. The van der Waals surface area contributed by atoms with E-state index in [1.54, 1.807) is 38.1 Å². The molecule has 1 amide bonds. The van der Waals surface area contributed by atoms with Crippen molar-refractivity contribution in [3.05, 3.63) is 52.7 Å². The number of carbonyl (C=O) groups is 2. The molecule has 6 nitrogen and oxygen atoms in total. The van der Waals surface area contributed by atoms with Crippen molar-refractivity contribution in [3.63, 3.8) is 0 Å². The van der Waals surface area contributed by atoms with Crippen molar-refractivity contribution in [1.29, 1.82) is 5.26 Å². The van der Waals surface area contributed by atoms with Gasteiger partial charge in [0.1, 0.15) is 11.1 Å². The van der Waals surface area contributed by atoms with Crippen LogP contribution in [0.3, 0.4) is 0 Å². The Morgan fingerprint density at radius 2 is 2.07 bits per heavy atom. The van der Waals surface area contributed by atoms with Crippen molar-refractivity contribution in [2.24, 2.45) is 0 Å². The van der Waals surface area contributed by atoms with Gasteiger partial charge in [0.25, 0.3) is 0 Å². The number of hydrogen-bond donors (Lipinski definition) is 1. The summed E-state index contributed by atoms with van der Waals surface area (Å²) in [6.45, 7) is 3.84. The van der Waals surface area contributed by atoms with Crippen molar-refractivity contribution in [2.45, 2.75) is 43.4 Å². The van der Waals surface area contributed by atoms with Crippen LogP contribution in [0.15, 0.2) is 35.4 Å². The summed E-state index contributed by atoms with van der Waals surface area (Å²) in [6, 6.07) is 10.6. The van der Waals surface area contributed by atoms with Crippen LogP contribution < -0.4 is 5.32 Å². The summed E-state index contributed by atoms with van der Waals surface area (Å²) in [4.78, 5) is 28.8. The van der Waals surface area contributed by atoms with Crippen molar-refractivity contribution in [1.82, 2.24) is 4.98 Å². The van der Waals surface area contributed by atoms with Crippen molar-refractivity contribution in [2.75, 3.05) is 11.9 Å². The number of anilines is 1. The lowest BCUT2D eigenvalue weighted by molar-refractivity contribution is -0.115. The molecular formula is C21H21N3O3S. The zero-order valence-electron chi connectivity index (χ0n) is 15.8. The Bertz CT molecular complexity index is 935. The van der Waals surface area contributed by atoms with Crippen LogP contribution in [0.1, 0.15) is 47.4 Å². The summed E-state index contributed by atoms with van der Waals surface area (Å²) >= 11 is 1.28. The molecule has 1 aromatic heterocycles. The molecule has 1 N–H and O–H groups in total. The van der Waals surface area contributed by atoms with Gasteiger partial charge in [-0.3, -0.25) is 4.79 Å². The fourth-order valence-electron chi connectivity index (χ4n) is 2.99. The molecular weight excluding hydrogens is 374 g/mol. The molecule has 3 rings (SSSR count). The second kappa shape index (κ2) is 8.89. The second-order valence-electron chi connectivity index (χ2n) is 6.46. The molecule has 1 unspecified atom stereocenters. The number of fused-ring (bicyclic) bond motifs is 1. The summed E-state index contributed by atoms with van der Waals surface area (Å²) in [5, 5.41) is 12.4. The average molecular weight is 395 g/mol. The molecule has 0 aliphatic heterocycles. The van der Waals surface area contributed by atoms with E-state index < -0.39 is 11.2 Å². The van der Waals surface area contributed by atoms with Crippen LogP contribution in [0.25, 0.3) is 0 Å². The molecule has 28 heavy (non-hydrogen) atoms. The maximum absolute atomic E-state index is 12.5. The third-order valence-corrected chi connectivity index (χ3v) is 5.56. The van der Waals surface area contributed by atoms with Crippen LogP contribution in [0.2, 0.25) is 0 Å². The topological polar surface area (TPSA) is 92.1 Å². The van der Waals surface area contributed by atoms with Gasteiger partial charge >= 0.3 is 5.97 Å². The van der Waals surface area contributed by atoms with Gasteiger partial charge in [-0.15, -0.1) is 0 Å². The summed E-state index contributed by atoms with van der Waals surface area (Å²) in [5.74, 6) is -0.587. The molecule has 1 atom stereocenters. The van der Waals surface area contributed by atoms with Gasteiger partial charge in [0.05, 0.1) is 23.0 Å². The molecule has 0 spiro atoms. The van der Waals surface area contributed by atoms with Crippen LogP contribution in [0, 0.1) is 11.3 Å². The van der Waals surface area contributed by atoms with E-state index >= 15 is 0 Å². The number of carbonyl (C=O) groups excluding carboxylic acids is 2. The van der Waals surface area contributed by atoms with Gasteiger partial charge in [0, 0.05) is 11.4 Å². The van der Waals surface area contributed by atoms with E-state index in [4.69, 9.17) is 4.74 Å². The number of benzene rings is 1. The van der Waals surface area contributed by atoms with Gasteiger partial charge < -0.3 is 10.1 Å². The number of nitrogens with zero attached hydrogens (tertiary/aromatic N) is 2. The molecule has 0 saturated heterocycles. The average Bonchev–Trinajstić information content (AvgIpc) is 3.15. The highest BCUT2D eigenvalue weighted by atomic mass is 32.2. The highest BCUT2D eigenvalue weighted by Gasteiger charge is 2.21. The van der Waals surface area contributed by atoms with Gasteiger partial charge in [-0.2, -0.15) is 5.26 Å². The van der Waals surface area contributed by atoms with Gasteiger partial charge in [-0.05, 0) is 69.0 Å². The molecule has 0 fully saturated rings. The molecule has 1 aliphatic rings. The standard InChI is InChI=1S/C21H21N3O3S/c1-3-27-21(26)14-7-9-17(10-8-14)23-19(25)13(2)28-20-16(12-22)11-15-5-4-6-18(15)24-20/h7-11,13H,3-6H2,1-2H3,(H,23,25). The van der Waals surface area contributed by atoms with E-state index in [1.165, 1.54) is 11.8 Å². The summed E-state index contributed by atoms with van der Waals surface area (Å²) in [7, 11) is 0. The maximum Gasteiger partial charge on any atom is 0.338 e. The lowest BCUT2D eigenvalue weighted by atomic mass is 10.2. The third-order valence-electron chi connectivity index (χ3n) is 4.46. The van der Waals surface area contributed by atoms with Crippen LogP contribution in [-0.4, -0.2) is 28.7 Å². The Kier molecular flexibility index (Phi) is 6.32. The van der Waals surface area contributed by atoms with Gasteiger partial charge in [-0.1, -0.05) is 11.8 Å². The zero-order valence-corrected chi connectivity index (χ0v) is 16.6. The van der Waals surface area contributed by atoms with E-state index in [-0.39, 0.29) is 5.91 Å². The molecule has 0 radical (unpaired) electrons. The number of aromatic nitrogens is 1. The van der Waals surface area contributed by atoms with Crippen molar-refractivity contribution < 1.29 is 14.3 Å². The zero-order chi connectivity index (χ0) is 20.1. The Balaban J connectivity index is 1.65. The largest absolute Gasteiger partial charge is 0.462 e. The first-order chi connectivity index (χ1) is 13.5. The molecule has 1 heterocycles. The first-order valence-electron chi connectivity index (χ1n) is 9.19. The Labute approximate surface area is 168 Å². The molecule has 2 aromatic rings. The van der Waals surface area contributed by atoms with Crippen LogP contribution >= 0.6 is 11.8 Å². The third kappa shape index (κ3) is 4.52. The van der Waals surface area contributed by atoms with E-state index in [2.05, 4.69) is 16.4 Å². The number of esters is 1. The Morgan fingerprint density at radius 1 is 1.32 bits per heavy atom. The minimum absolute atomic E-state index is 0.194. The van der Waals surface area contributed by atoms with Crippen molar-refractivity contribution in [3.8, 4) is 6.07 Å². The monoisotopic (exact) mass is 395 g/mol. The number of pyridine rings is 1. The summed E-state index contributed by atoms with van der Waals surface area (Å²) < 4.78 is 4.94. The highest BCUT2D eigenvalue weighted by Crippen LogP contribution is 2.30. The van der Waals surface area contributed by atoms with E-state index in [0.29, 0.717) is 28.4 Å². The smallest absolute Gasteiger partial charge is 0.338 e. The molecule has 7 heteroatoms. The maximum atomic E-state index is 12.5. The number of hydrogen-bond acceptors (Lipinski definition) is 6.